The van der Waals surface area contributed by atoms with Gasteiger partial charge in [-0.05, 0) is 17.7 Å². The van der Waals surface area contributed by atoms with Gasteiger partial charge in [0.05, 0.1) is 18.1 Å². The van der Waals surface area contributed by atoms with Gasteiger partial charge in [-0.2, -0.15) is 0 Å². The Morgan fingerprint density at radius 2 is 1.97 bits per heavy atom. The number of halogens is 1. The molecular weight excluding hydrogens is 381 g/mol. The molecule has 2 aromatic carbocycles. The van der Waals surface area contributed by atoms with Crippen LogP contribution in [-0.2, 0) is 14.4 Å². The number of nitrogens with one attached hydrogen (secondary N) is 1. The van der Waals surface area contributed by atoms with E-state index in [2.05, 4.69) is 10.5 Å². The highest BCUT2D eigenvalue weighted by atomic mass is 19.1. The molecule has 0 radical (unpaired) electrons. The zero-order valence-corrected chi connectivity index (χ0v) is 15.4. The molecule has 2 heterocycles. The lowest BCUT2D eigenvalue weighted by Gasteiger charge is -2.30. The number of nitro groups is 1. The van der Waals surface area contributed by atoms with Crippen LogP contribution in [0.4, 0.5) is 15.8 Å². The van der Waals surface area contributed by atoms with Crippen molar-refractivity contribution in [2.24, 2.45) is 5.16 Å². The second kappa shape index (κ2) is 7.59. The van der Waals surface area contributed by atoms with Gasteiger partial charge in [0.15, 0.2) is 0 Å². The number of rotatable bonds is 4. The van der Waals surface area contributed by atoms with Crippen LogP contribution in [0.25, 0.3) is 11.1 Å². The number of carbonyl (C=O) groups is 1. The van der Waals surface area contributed by atoms with E-state index in [1.54, 1.807) is 6.07 Å². The molecule has 0 aromatic heterocycles. The largest absolute Gasteiger partial charge is 0.388 e. The molecule has 4 rings (SSSR count). The minimum atomic E-state index is -0.618. The molecule has 2 aliphatic rings. The molecular formula is C20H18FN3O5. The van der Waals surface area contributed by atoms with E-state index in [1.807, 2.05) is 0 Å². The molecule has 0 saturated carbocycles. The van der Waals surface area contributed by atoms with Gasteiger partial charge < -0.3 is 14.9 Å². The zero-order valence-electron chi connectivity index (χ0n) is 15.4. The van der Waals surface area contributed by atoms with Gasteiger partial charge in [0, 0.05) is 30.9 Å². The second-order valence-corrected chi connectivity index (χ2v) is 7.02. The number of nitrogens with zero attached hydrogens (tertiary/aromatic N) is 2. The summed E-state index contributed by atoms with van der Waals surface area (Å²) in [6.45, 7) is 1.07. The van der Waals surface area contributed by atoms with Gasteiger partial charge in [0.2, 0.25) is 0 Å². The van der Waals surface area contributed by atoms with Crippen LogP contribution in [0, 0.1) is 15.9 Å². The Labute approximate surface area is 165 Å². The molecule has 1 fully saturated rings. The first-order chi connectivity index (χ1) is 14.0. The summed E-state index contributed by atoms with van der Waals surface area (Å²) in [6, 6.07) is 10.1. The van der Waals surface area contributed by atoms with Crippen LogP contribution in [0.5, 0.6) is 0 Å². The number of anilines is 1. The van der Waals surface area contributed by atoms with Crippen LogP contribution in [-0.4, -0.2) is 35.4 Å². The fraction of sp³-hybridized carbons (Fsp3) is 0.300. The van der Waals surface area contributed by atoms with Gasteiger partial charge in [-0.15, -0.1) is 0 Å². The molecule has 0 bridgehead atoms. The van der Waals surface area contributed by atoms with E-state index in [9.17, 15) is 19.3 Å². The number of benzene rings is 2. The van der Waals surface area contributed by atoms with Crippen molar-refractivity contribution < 1.29 is 23.7 Å². The topological polar surface area (TPSA) is 103 Å². The van der Waals surface area contributed by atoms with E-state index in [0.29, 0.717) is 38.0 Å². The number of oxime groups is 1. The van der Waals surface area contributed by atoms with Crippen LogP contribution in [0.1, 0.15) is 19.3 Å². The summed E-state index contributed by atoms with van der Waals surface area (Å²) in [5.41, 5.74) is -0.0977. The van der Waals surface area contributed by atoms with Crippen molar-refractivity contribution in [3.05, 3.63) is 58.4 Å². The van der Waals surface area contributed by atoms with Crippen molar-refractivity contribution in [3.63, 3.8) is 0 Å². The van der Waals surface area contributed by atoms with Gasteiger partial charge >= 0.3 is 0 Å². The van der Waals surface area contributed by atoms with E-state index in [4.69, 9.17) is 9.57 Å². The van der Waals surface area contributed by atoms with Crippen LogP contribution in [0.2, 0.25) is 0 Å². The Kier molecular flexibility index (Phi) is 4.98. The summed E-state index contributed by atoms with van der Waals surface area (Å²) in [6.07, 6.45) is 1.58. The predicted octanol–water partition coefficient (Wildman–Crippen LogP) is 3.66. The Morgan fingerprint density at radius 3 is 2.69 bits per heavy atom. The summed E-state index contributed by atoms with van der Waals surface area (Å²) in [7, 11) is 0. The first-order valence-corrected chi connectivity index (χ1v) is 9.15. The number of amides is 1. The van der Waals surface area contributed by atoms with Gasteiger partial charge in [-0.3, -0.25) is 14.9 Å². The van der Waals surface area contributed by atoms with Crippen molar-refractivity contribution in [1.82, 2.24) is 0 Å². The lowest BCUT2D eigenvalue weighted by Crippen LogP contribution is -2.37. The average Bonchev–Trinajstić information content (AvgIpc) is 3.12. The maximum atomic E-state index is 14.0. The lowest BCUT2D eigenvalue weighted by atomic mass is 9.89. The van der Waals surface area contributed by atoms with E-state index < -0.39 is 22.2 Å². The Balaban J connectivity index is 1.55. The molecule has 1 spiro atoms. The van der Waals surface area contributed by atoms with Gasteiger partial charge in [-0.25, -0.2) is 4.39 Å². The van der Waals surface area contributed by atoms with Crippen molar-refractivity contribution in [3.8, 4) is 11.1 Å². The third kappa shape index (κ3) is 3.81. The molecule has 2 aromatic rings. The molecule has 9 heteroatoms. The zero-order chi connectivity index (χ0) is 20.4. The summed E-state index contributed by atoms with van der Waals surface area (Å²) < 4.78 is 19.3. The third-order valence-electron chi connectivity index (χ3n) is 5.13. The number of ether oxygens (including phenoxy) is 1. The van der Waals surface area contributed by atoms with E-state index in [-0.39, 0.29) is 22.6 Å². The van der Waals surface area contributed by atoms with Crippen molar-refractivity contribution in [2.75, 3.05) is 18.5 Å². The number of hydrogen-bond acceptors (Lipinski definition) is 6. The monoisotopic (exact) mass is 399 g/mol. The lowest BCUT2D eigenvalue weighted by molar-refractivity contribution is -0.383. The minimum absolute atomic E-state index is 0.00992. The van der Waals surface area contributed by atoms with E-state index in [1.165, 1.54) is 36.4 Å². The third-order valence-corrected chi connectivity index (χ3v) is 5.13. The molecule has 8 nitrogen and oxygen atoms in total. The molecule has 0 atom stereocenters. The molecule has 1 N–H and O–H groups in total. The second-order valence-electron chi connectivity index (χ2n) is 7.02. The SMILES string of the molecule is O=C(Nc1ccc(-c2ccccc2F)cc1[N+](=O)[O-])C1=NOC2(CCOCC2)C1. The molecule has 0 unspecified atom stereocenters. The Bertz CT molecular complexity index is 1000. The van der Waals surface area contributed by atoms with Crippen molar-refractivity contribution in [1.29, 1.82) is 0 Å². The maximum Gasteiger partial charge on any atom is 0.293 e. The van der Waals surface area contributed by atoms with Gasteiger partial charge in [-0.1, -0.05) is 29.4 Å². The fourth-order valence-electron chi connectivity index (χ4n) is 3.50. The van der Waals surface area contributed by atoms with E-state index >= 15 is 0 Å². The first-order valence-electron chi connectivity index (χ1n) is 9.15. The molecule has 1 amide bonds. The highest BCUT2D eigenvalue weighted by Crippen LogP contribution is 2.35. The van der Waals surface area contributed by atoms with Crippen molar-refractivity contribution in [2.45, 2.75) is 24.9 Å². The predicted molar refractivity (Wildman–Crippen MR) is 103 cm³/mol. The highest BCUT2D eigenvalue weighted by Gasteiger charge is 2.42. The Morgan fingerprint density at radius 1 is 1.21 bits per heavy atom. The summed E-state index contributed by atoms with van der Waals surface area (Å²) in [5.74, 6) is -1.05. The Hall–Kier alpha value is -3.33. The van der Waals surface area contributed by atoms with Crippen LogP contribution in [0.15, 0.2) is 47.6 Å². The van der Waals surface area contributed by atoms with Gasteiger partial charge in [0.1, 0.15) is 22.8 Å². The maximum absolute atomic E-state index is 14.0. The molecule has 0 aliphatic carbocycles. The molecule has 150 valence electrons. The fourth-order valence-corrected chi connectivity index (χ4v) is 3.50. The molecule has 29 heavy (non-hydrogen) atoms. The van der Waals surface area contributed by atoms with E-state index in [0.717, 1.165) is 0 Å². The van der Waals surface area contributed by atoms with Crippen LogP contribution < -0.4 is 5.32 Å². The van der Waals surface area contributed by atoms with Crippen LogP contribution >= 0.6 is 0 Å². The number of nitro benzene ring substituents is 1. The average molecular weight is 399 g/mol. The molecule has 2 aliphatic heterocycles. The summed E-state index contributed by atoms with van der Waals surface area (Å²) in [5, 5.41) is 17.9. The highest BCUT2D eigenvalue weighted by molar-refractivity contribution is 6.43. The van der Waals surface area contributed by atoms with Gasteiger partial charge in [0.25, 0.3) is 11.6 Å². The normalized spacial score (nSPS) is 17.5. The van der Waals surface area contributed by atoms with Crippen molar-refractivity contribution >= 4 is 23.0 Å². The standard InChI is InChI=1S/C20H18FN3O5/c21-15-4-2-1-3-14(15)13-5-6-16(18(11-13)24(26)27)22-19(25)17-12-20(29-23-17)7-9-28-10-8-20/h1-6,11H,7-10,12H2,(H,22,25). The number of hydrogen-bond donors (Lipinski definition) is 1. The number of carbonyl (C=O) groups excluding carboxylic acids is 1. The summed E-state index contributed by atoms with van der Waals surface area (Å²) in [4.78, 5) is 29.0. The molecule has 1 saturated heterocycles. The first kappa shape index (κ1) is 19.0. The smallest absolute Gasteiger partial charge is 0.293 e. The van der Waals surface area contributed by atoms with Crippen LogP contribution in [0.3, 0.4) is 0 Å². The quantitative estimate of drug-likeness (QED) is 0.624. The minimum Gasteiger partial charge on any atom is -0.388 e. The summed E-state index contributed by atoms with van der Waals surface area (Å²) >= 11 is 0.